The molecule has 0 aliphatic carbocycles. The van der Waals surface area contributed by atoms with Crippen molar-refractivity contribution in [3.63, 3.8) is 0 Å². The maximum atomic E-state index is 15.6. The molecular formula is C30H32FN7O3. The Morgan fingerprint density at radius 3 is 2.73 bits per heavy atom. The summed E-state index contributed by atoms with van der Waals surface area (Å²) < 4.78 is 20.9. The highest BCUT2D eigenvalue weighted by Crippen LogP contribution is 2.36. The maximum absolute atomic E-state index is 15.6. The fourth-order valence-electron chi connectivity index (χ4n) is 5.80. The highest BCUT2D eigenvalue weighted by molar-refractivity contribution is 6.09. The number of aromatic nitrogens is 3. The van der Waals surface area contributed by atoms with Crippen molar-refractivity contribution in [3.8, 4) is 16.8 Å². The van der Waals surface area contributed by atoms with Crippen molar-refractivity contribution in [3.05, 3.63) is 87.7 Å². The van der Waals surface area contributed by atoms with E-state index in [1.54, 1.807) is 34.5 Å². The van der Waals surface area contributed by atoms with E-state index in [9.17, 15) is 14.7 Å². The molecule has 212 valence electrons. The van der Waals surface area contributed by atoms with E-state index >= 15 is 4.39 Å². The number of carbonyl (C=O) groups excluding carboxylic acids is 1. The number of aliphatic imine (C=N–C) groups is 1. The van der Waals surface area contributed by atoms with E-state index in [0.717, 1.165) is 12.8 Å². The molecule has 0 saturated carbocycles. The fourth-order valence-corrected chi connectivity index (χ4v) is 5.80. The van der Waals surface area contributed by atoms with Gasteiger partial charge in [0.25, 0.3) is 11.5 Å². The number of para-hydroxylation sites is 1. The number of amides is 1. The van der Waals surface area contributed by atoms with E-state index in [-0.39, 0.29) is 35.4 Å². The smallest absolute Gasteiger partial charge is 0.284 e. The number of benzene rings is 2. The Balaban J connectivity index is 1.34. The molecule has 4 heterocycles. The number of anilines is 2. The highest BCUT2D eigenvalue weighted by atomic mass is 19.1. The van der Waals surface area contributed by atoms with Crippen molar-refractivity contribution in [1.82, 2.24) is 13.9 Å². The number of nitrogens with zero attached hydrogens (tertiary/aromatic N) is 4. The van der Waals surface area contributed by atoms with Crippen LogP contribution in [0.3, 0.4) is 0 Å². The Hall–Kier alpha value is -4.64. The third-order valence-electron chi connectivity index (χ3n) is 7.50. The van der Waals surface area contributed by atoms with Crippen LogP contribution in [0.1, 0.15) is 48.3 Å². The zero-order chi connectivity index (χ0) is 28.8. The lowest BCUT2D eigenvalue weighted by Gasteiger charge is -2.22. The molecule has 2 atom stereocenters. The van der Waals surface area contributed by atoms with E-state index < -0.39 is 23.4 Å². The average Bonchev–Trinajstić information content (AvgIpc) is 3.43. The van der Waals surface area contributed by atoms with Gasteiger partial charge in [-0.15, -0.1) is 0 Å². The number of fused-ring (bicyclic) bond motifs is 2. The van der Waals surface area contributed by atoms with Gasteiger partial charge in [-0.3, -0.25) is 14.3 Å². The first-order valence-electron chi connectivity index (χ1n) is 13.8. The van der Waals surface area contributed by atoms with Crippen LogP contribution in [0.5, 0.6) is 0 Å². The summed E-state index contributed by atoms with van der Waals surface area (Å²) in [4.78, 5) is 31.4. The van der Waals surface area contributed by atoms with Crippen LogP contribution in [-0.4, -0.2) is 43.0 Å². The summed E-state index contributed by atoms with van der Waals surface area (Å²) in [6.07, 6.45) is 3.23. The molecule has 41 heavy (non-hydrogen) atoms. The number of rotatable bonds is 6. The molecule has 2 aliphatic rings. The summed E-state index contributed by atoms with van der Waals surface area (Å²) >= 11 is 0. The van der Waals surface area contributed by atoms with Crippen molar-refractivity contribution < 1.29 is 14.3 Å². The number of hydrogen-bond acceptors (Lipinski definition) is 6. The van der Waals surface area contributed by atoms with E-state index in [2.05, 4.69) is 15.6 Å². The molecule has 5 N–H and O–H groups in total. The molecule has 2 aromatic carbocycles. The van der Waals surface area contributed by atoms with Crippen LogP contribution in [0.25, 0.3) is 16.8 Å². The number of nitrogens with one attached hydrogen (secondary N) is 2. The maximum Gasteiger partial charge on any atom is 0.284 e. The third kappa shape index (κ3) is 4.71. The van der Waals surface area contributed by atoms with Crippen LogP contribution in [0.4, 0.5) is 15.9 Å². The Bertz CT molecular complexity index is 1730. The first-order chi connectivity index (χ1) is 19.7. The minimum absolute atomic E-state index is 0.0755. The molecular weight excluding hydrogens is 525 g/mol. The molecule has 11 heteroatoms. The quantitative estimate of drug-likeness (QED) is 0.287. The third-order valence-corrected chi connectivity index (χ3v) is 7.50. The van der Waals surface area contributed by atoms with Gasteiger partial charge in [0.2, 0.25) is 0 Å². The molecule has 2 aromatic heterocycles. The molecule has 10 nitrogen and oxygen atoms in total. The summed E-state index contributed by atoms with van der Waals surface area (Å²) in [7, 11) is 0. The molecule has 2 unspecified atom stereocenters. The first kappa shape index (κ1) is 26.6. The monoisotopic (exact) mass is 557 g/mol. The summed E-state index contributed by atoms with van der Waals surface area (Å²) in [5.74, 6) is -0.217. The molecule has 0 fully saturated rings. The van der Waals surface area contributed by atoms with Crippen molar-refractivity contribution in [2.24, 2.45) is 10.7 Å². The minimum atomic E-state index is -0.634. The van der Waals surface area contributed by atoms with Gasteiger partial charge in [0.15, 0.2) is 0 Å². The fraction of sp³-hybridized carbons (Fsp3) is 0.300. The van der Waals surface area contributed by atoms with E-state index in [0.29, 0.717) is 41.3 Å². The zero-order valence-electron chi connectivity index (χ0n) is 22.9. The van der Waals surface area contributed by atoms with Gasteiger partial charge in [-0.25, -0.2) is 14.1 Å². The van der Waals surface area contributed by atoms with Gasteiger partial charge in [-0.2, -0.15) is 0 Å². The molecule has 0 bridgehead atoms. The van der Waals surface area contributed by atoms with Gasteiger partial charge in [-0.05, 0) is 63.4 Å². The highest BCUT2D eigenvalue weighted by Gasteiger charge is 2.29. The van der Waals surface area contributed by atoms with Crippen molar-refractivity contribution in [2.45, 2.75) is 58.5 Å². The number of hydrogen-bond donors (Lipinski definition) is 4. The van der Waals surface area contributed by atoms with Crippen molar-refractivity contribution >= 4 is 23.2 Å². The Morgan fingerprint density at radius 2 is 2.00 bits per heavy atom. The zero-order valence-corrected chi connectivity index (χ0v) is 22.9. The second-order valence-corrected chi connectivity index (χ2v) is 10.6. The normalized spacial score (nSPS) is 16.8. The Kier molecular flexibility index (Phi) is 6.74. The SMILES string of the molecule is CC(O)Cn1cc(-c2ccc(NC(=O)c3c4n(n(-c5ccccc5)c3=O)CCCC4)cc2F)c2c1NC(C)N=C2N. The predicted molar refractivity (Wildman–Crippen MR) is 156 cm³/mol. The Morgan fingerprint density at radius 1 is 1.22 bits per heavy atom. The van der Waals surface area contributed by atoms with E-state index in [1.807, 2.05) is 41.9 Å². The molecule has 6 rings (SSSR count). The average molecular weight is 558 g/mol. The topological polar surface area (TPSA) is 132 Å². The summed E-state index contributed by atoms with van der Waals surface area (Å²) in [6, 6.07) is 13.6. The van der Waals surface area contributed by atoms with Crippen LogP contribution >= 0.6 is 0 Å². The van der Waals surface area contributed by atoms with Crippen LogP contribution in [0.2, 0.25) is 0 Å². The number of carbonyl (C=O) groups is 1. The largest absolute Gasteiger partial charge is 0.392 e. The number of amidine groups is 1. The molecule has 1 amide bonds. The summed E-state index contributed by atoms with van der Waals surface area (Å²) in [5, 5.41) is 16.0. The van der Waals surface area contributed by atoms with Crippen LogP contribution in [-0.2, 0) is 19.5 Å². The van der Waals surface area contributed by atoms with Crippen molar-refractivity contribution in [1.29, 1.82) is 0 Å². The number of aliphatic hydroxyl groups excluding tert-OH is 1. The summed E-state index contributed by atoms with van der Waals surface area (Å²) in [6.45, 7) is 4.44. The molecule has 0 radical (unpaired) electrons. The standard InChI is InChI=1S/C30H32FN7O3/c1-17(39)15-36-16-22(25-27(32)33-18(2)34-28(25)36)21-12-11-19(14-23(21)31)35-29(40)26-24-10-6-7-13-37(24)38(30(26)41)20-8-4-3-5-9-20/h3-5,8-9,11-12,14,16-18,34,39H,6-7,10,13,15H2,1-2H3,(H2,32,33)(H,35,40). The van der Waals surface area contributed by atoms with E-state index in [4.69, 9.17) is 5.73 Å². The molecule has 4 aromatic rings. The van der Waals surface area contributed by atoms with Gasteiger partial charge >= 0.3 is 0 Å². The lowest BCUT2D eigenvalue weighted by atomic mass is 10.0. The van der Waals surface area contributed by atoms with Crippen LogP contribution in [0, 0.1) is 5.82 Å². The second-order valence-electron chi connectivity index (χ2n) is 10.6. The lowest BCUT2D eigenvalue weighted by molar-refractivity contribution is 0.102. The van der Waals surface area contributed by atoms with Crippen LogP contribution < -0.4 is 21.9 Å². The predicted octanol–water partition coefficient (Wildman–Crippen LogP) is 3.69. The number of nitrogens with two attached hydrogens (primary N) is 1. The van der Waals surface area contributed by atoms with Gasteiger partial charge < -0.3 is 26.0 Å². The first-order valence-corrected chi connectivity index (χ1v) is 13.8. The lowest BCUT2D eigenvalue weighted by Crippen LogP contribution is -2.29. The molecule has 0 spiro atoms. The van der Waals surface area contributed by atoms with Gasteiger partial charge in [0.1, 0.15) is 29.2 Å². The molecule has 0 saturated heterocycles. The second kappa shape index (κ2) is 10.4. The number of aliphatic hydroxyl groups is 1. The summed E-state index contributed by atoms with van der Waals surface area (Å²) in [5.41, 5.74) is 8.88. The Labute approximate surface area is 235 Å². The van der Waals surface area contributed by atoms with Gasteiger partial charge in [0, 0.05) is 36.1 Å². The number of halogens is 1. The van der Waals surface area contributed by atoms with Crippen LogP contribution in [0.15, 0.2) is 64.5 Å². The molecule has 2 aliphatic heterocycles. The van der Waals surface area contributed by atoms with Gasteiger partial charge in [-0.1, -0.05) is 18.2 Å². The minimum Gasteiger partial charge on any atom is -0.392 e. The van der Waals surface area contributed by atoms with E-state index in [1.165, 1.54) is 6.07 Å². The van der Waals surface area contributed by atoms with Crippen molar-refractivity contribution in [2.75, 3.05) is 10.6 Å². The van der Waals surface area contributed by atoms with Gasteiger partial charge in [0.05, 0.1) is 23.0 Å².